The molecule has 0 spiro atoms. The molecule has 2 N–H and O–H groups in total. The van der Waals surface area contributed by atoms with E-state index >= 15 is 0 Å². The second-order valence-electron chi connectivity index (χ2n) is 6.95. The average Bonchev–Trinajstić information content (AvgIpc) is 3.38. The van der Waals surface area contributed by atoms with Crippen LogP contribution in [-0.4, -0.2) is 40.8 Å². The molecule has 0 bridgehead atoms. The number of H-pyrrole nitrogens is 1. The van der Waals surface area contributed by atoms with Crippen LogP contribution in [0, 0.1) is 0 Å². The smallest absolute Gasteiger partial charge is 0.262 e. The first-order valence-electron chi connectivity index (χ1n) is 9.40. The van der Waals surface area contributed by atoms with Gasteiger partial charge in [0, 0.05) is 36.6 Å². The number of carbonyl (C=O) groups excluding carboxylic acids is 2. The number of amides is 2. The molecule has 1 saturated heterocycles. The van der Waals surface area contributed by atoms with E-state index in [2.05, 4.69) is 10.3 Å². The fourth-order valence-corrected chi connectivity index (χ4v) is 4.32. The highest BCUT2D eigenvalue weighted by molar-refractivity contribution is 7.12. The topological polar surface area (TPSA) is 65.2 Å². The van der Waals surface area contributed by atoms with Gasteiger partial charge in [-0.25, -0.2) is 0 Å². The summed E-state index contributed by atoms with van der Waals surface area (Å²) in [6.07, 6.45) is 5.65. The Bertz CT molecular complexity index is 926. The molecule has 1 aliphatic heterocycles. The zero-order chi connectivity index (χ0) is 18.6. The molecule has 3 aromatic rings. The zero-order valence-corrected chi connectivity index (χ0v) is 15.9. The van der Waals surface area contributed by atoms with Gasteiger partial charge >= 0.3 is 0 Å². The normalized spacial score (nSPS) is 15.6. The number of para-hydroxylation sites is 1. The molecule has 0 radical (unpaired) electrons. The number of aromatic amines is 1. The first-order chi connectivity index (χ1) is 13.2. The number of fused-ring (bicyclic) bond motifs is 1. The van der Waals surface area contributed by atoms with Gasteiger partial charge in [-0.2, -0.15) is 0 Å². The molecule has 1 atom stereocenters. The van der Waals surface area contributed by atoms with Gasteiger partial charge in [0.2, 0.25) is 5.91 Å². The first kappa shape index (κ1) is 17.8. The number of thiophene rings is 1. The summed E-state index contributed by atoms with van der Waals surface area (Å²) in [5.41, 5.74) is 2.09. The molecule has 27 heavy (non-hydrogen) atoms. The molecule has 0 saturated carbocycles. The van der Waals surface area contributed by atoms with Crippen molar-refractivity contribution >= 4 is 34.1 Å². The largest absolute Gasteiger partial charge is 0.361 e. The molecule has 6 heteroatoms. The van der Waals surface area contributed by atoms with Crippen LogP contribution in [0.3, 0.4) is 0 Å². The summed E-state index contributed by atoms with van der Waals surface area (Å²) < 4.78 is 0. The van der Waals surface area contributed by atoms with E-state index in [0.717, 1.165) is 42.4 Å². The van der Waals surface area contributed by atoms with Crippen molar-refractivity contribution < 1.29 is 9.59 Å². The van der Waals surface area contributed by atoms with Crippen molar-refractivity contribution in [3.05, 3.63) is 58.4 Å². The third-order valence-electron chi connectivity index (χ3n) is 5.12. The van der Waals surface area contributed by atoms with E-state index in [1.165, 1.54) is 17.8 Å². The van der Waals surface area contributed by atoms with Gasteiger partial charge in [-0.05, 0) is 42.3 Å². The molecule has 1 aliphatic rings. The number of carbonyl (C=O) groups is 2. The van der Waals surface area contributed by atoms with Crippen LogP contribution in [0.25, 0.3) is 10.9 Å². The summed E-state index contributed by atoms with van der Waals surface area (Å²) in [7, 11) is 0. The summed E-state index contributed by atoms with van der Waals surface area (Å²) >= 11 is 1.39. The summed E-state index contributed by atoms with van der Waals surface area (Å²) in [6.45, 7) is 1.55. The van der Waals surface area contributed by atoms with E-state index in [9.17, 15) is 9.59 Å². The van der Waals surface area contributed by atoms with Crippen LogP contribution < -0.4 is 5.32 Å². The Morgan fingerprint density at radius 2 is 1.93 bits per heavy atom. The maximum Gasteiger partial charge on any atom is 0.262 e. The van der Waals surface area contributed by atoms with Crippen molar-refractivity contribution in [3.63, 3.8) is 0 Å². The predicted octanol–water partition coefficient (Wildman–Crippen LogP) is 3.58. The lowest BCUT2D eigenvalue weighted by atomic mass is 10.0. The Morgan fingerprint density at radius 1 is 1.11 bits per heavy atom. The Hall–Kier alpha value is -2.60. The highest BCUT2D eigenvalue weighted by Crippen LogP contribution is 2.21. The van der Waals surface area contributed by atoms with Gasteiger partial charge < -0.3 is 15.2 Å². The van der Waals surface area contributed by atoms with Crippen LogP contribution in [0.4, 0.5) is 0 Å². The fourth-order valence-electron chi connectivity index (χ4n) is 3.69. The van der Waals surface area contributed by atoms with Gasteiger partial charge in [-0.15, -0.1) is 11.3 Å². The average molecular weight is 382 g/mol. The molecular formula is C21H23N3O2S. The summed E-state index contributed by atoms with van der Waals surface area (Å²) in [6, 6.07) is 11.1. The minimum Gasteiger partial charge on any atom is -0.361 e. The summed E-state index contributed by atoms with van der Waals surface area (Å²) in [5, 5.41) is 5.95. The molecule has 1 fully saturated rings. The van der Waals surface area contributed by atoms with Crippen molar-refractivity contribution in [2.45, 2.75) is 31.7 Å². The third kappa shape index (κ3) is 3.90. The van der Waals surface area contributed by atoms with Crippen molar-refractivity contribution in [2.75, 3.05) is 13.1 Å². The number of likely N-dealkylation sites (tertiary alicyclic amines) is 1. The number of hydrogen-bond acceptors (Lipinski definition) is 3. The van der Waals surface area contributed by atoms with E-state index < -0.39 is 6.04 Å². The first-order valence-corrected chi connectivity index (χ1v) is 10.3. The minimum absolute atomic E-state index is 0.0184. The zero-order valence-electron chi connectivity index (χ0n) is 15.1. The van der Waals surface area contributed by atoms with Gasteiger partial charge in [-0.3, -0.25) is 9.59 Å². The number of nitrogens with zero attached hydrogens (tertiary/aromatic N) is 1. The number of hydrogen-bond donors (Lipinski definition) is 2. The minimum atomic E-state index is -0.558. The maximum absolute atomic E-state index is 13.2. The molecule has 2 aromatic heterocycles. The molecule has 1 aromatic carbocycles. The lowest BCUT2D eigenvalue weighted by Gasteiger charge is -2.30. The molecule has 2 amide bonds. The van der Waals surface area contributed by atoms with Gasteiger partial charge in [0.25, 0.3) is 5.91 Å². The standard InChI is InChI=1S/C21H23N3O2S/c25-20(19-9-6-12-27-19)23-18(21(26)24-10-4-1-5-11-24)13-15-14-22-17-8-3-2-7-16(15)17/h2-3,6-9,12,14,18,22H,1,4-5,10-11,13H2,(H,23,25)/t18-/m1/s1. The molecular weight excluding hydrogens is 358 g/mol. The number of rotatable bonds is 5. The van der Waals surface area contributed by atoms with Crippen LogP contribution in [0.2, 0.25) is 0 Å². The Labute approximate surface area is 162 Å². The van der Waals surface area contributed by atoms with E-state index in [1.807, 2.05) is 46.8 Å². The van der Waals surface area contributed by atoms with Crippen LogP contribution in [-0.2, 0) is 11.2 Å². The van der Waals surface area contributed by atoms with Crippen molar-refractivity contribution in [1.82, 2.24) is 15.2 Å². The second-order valence-corrected chi connectivity index (χ2v) is 7.90. The van der Waals surface area contributed by atoms with E-state index in [-0.39, 0.29) is 11.8 Å². The quantitative estimate of drug-likeness (QED) is 0.709. The van der Waals surface area contributed by atoms with Gasteiger partial charge in [0.1, 0.15) is 6.04 Å². The Kier molecular flexibility index (Phi) is 5.25. The highest BCUT2D eigenvalue weighted by Gasteiger charge is 2.28. The van der Waals surface area contributed by atoms with Crippen molar-refractivity contribution in [2.24, 2.45) is 0 Å². The summed E-state index contributed by atoms with van der Waals surface area (Å²) in [5.74, 6) is -0.162. The lowest BCUT2D eigenvalue weighted by Crippen LogP contribution is -2.50. The van der Waals surface area contributed by atoms with Gasteiger partial charge in [-0.1, -0.05) is 24.3 Å². The predicted molar refractivity (Wildman–Crippen MR) is 108 cm³/mol. The molecule has 140 valence electrons. The molecule has 0 unspecified atom stereocenters. The molecule has 4 rings (SSSR count). The lowest BCUT2D eigenvalue weighted by molar-refractivity contribution is -0.134. The monoisotopic (exact) mass is 381 g/mol. The van der Waals surface area contributed by atoms with E-state index in [0.29, 0.717) is 11.3 Å². The third-order valence-corrected chi connectivity index (χ3v) is 5.98. The molecule has 5 nitrogen and oxygen atoms in total. The van der Waals surface area contributed by atoms with Crippen LogP contribution in [0.5, 0.6) is 0 Å². The van der Waals surface area contributed by atoms with E-state index in [4.69, 9.17) is 0 Å². The molecule has 3 heterocycles. The number of benzene rings is 1. The second kappa shape index (κ2) is 7.96. The Balaban J connectivity index is 1.58. The van der Waals surface area contributed by atoms with Crippen LogP contribution in [0.1, 0.15) is 34.5 Å². The molecule has 0 aliphatic carbocycles. The van der Waals surface area contributed by atoms with Crippen LogP contribution in [0.15, 0.2) is 48.0 Å². The van der Waals surface area contributed by atoms with Gasteiger partial charge in [0.05, 0.1) is 4.88 Å². The van der Waals surface area contributed by atoms with E-state index in [1.54, 1.807) is 6.07 Å². The number of nitrogens with one attached hydrogen (secondary N) is 2. The SMILES string of the molecule is O=C(N[C@H](Cc1c[nH]c2ccccc12)C(=O)N1CCCCC1)c1cccs1. The number of aromatic nitrogens is 1. The fraction of sp³-hybridized carbons (Fsp3) is 0.333. The highest BCUT2D eigenvalue weighted by atomic mass is 32.1. The van der Waals surface area contributed by atoms with Crippen molar-refractivity contribution in [1.29, 1.82) is 0 Å². The number of piperidine rings is 1. The maximum atomic E-state index is 13.2. The van der Waals surface area contributed by atoms with Crippen LogP contribution >= 0.6 is 11.3 Å². The Morgan fingerprint density at radius 3 is 2.70 bits per heavy atom. The summed E-state index contributed by atoms with van der Waals surface area (Å²) in [4.78, 5) is 31.6. The van der Waals surface area contributed by atoms with Gasteiger partial charge in [0.15, 0.2) is 0 Å². The van der Waals surface area contributed by atoms with Crippen molar-refractivity contribution in [3.8, 4) is 0 Å².